The van der Waals surface area contributed by atoms with Crippen LogP contribution in [0.1, 0.15) is 35.2 Å². The van der Waals surface area contributed by atoms with Crippen molar-refractivity contribution in [1.29, 1.82) is 0 Å². The molecule has 0 saturated heterocycles. The van der Waals surface area contributed by atoms with Crippen LogP contribution in [-0.4, -0.2) is 42.1 Å². The van der Waals surface area contributed by atoms with E-state index in [4.69, 9.17) is 0 Å². The van der Waals surface area contributed by atoms with Gasteiger partial charge >= 0.3 is 0 Å². The zero-order valence-corrected chi connectivity index (χ0v) is 11.9. The van der Waals surface area contributed by atoms with Crippen LogP contribution in [0.3, 0.4) is 0 Å². The molecule has 0 heterocycles. The predicted molar refractivity (Wildman–Crippen MR) is 75.4 cm³/mol. The smallest absolute Gasteiger partial charge is 0.251 e. The number of benzene rings is 1. The summed E-state index contributed by atoms with van der Waals surface area (Å²) in [5, 5.41) is 12.6. The number of hydrogen-bond donors (Lipinski definition) is 2. The summed E-state index contributed by atoms with van der Waals surface area (Å²) in [4.78, 5) is 14.4. The van der Waals surface area contributed by atoms with Gasteiger partial charge in [0.15, 0.2) is 0 Å². The number of amides is 1. The zero-order chi connectivity index (χ0) is 14.0. The van der Waals surface area contributed by atoms with Crippen LogP contribution >= 0.6 is 0 Å². The van der Waals surface area contributed by atoms with Gasteiger partial charge in [0.05, 0.1) is 0 Å². The molecule has 0 radical (unpaired) electrons. The van der Waals surface area contributed by atoms with E-state index in [9.17, 15) is 9.90 Å². The molecule has 0 aromatic heterocycles. The first-order chi connectivity index (χ1) is 8.96. The summed E-state index contributed by atoms with van der Waals surface area (Å²) in [6.45, 7) is 2.42. The van der Waals surface area contributed by atoms with Crippen molar-refractivity contribution < 1.29 is 9.90 Å². The quantitative estimate of drug-likeness (QED) is 0.871. The molecule has 4 nitrogen and oxygen atoms in total. The van der Waals surface area contributed by atoms with Gasteiger partial charge in [-0.25, -0.2) is 0 Å². The van der Waals surface area contributed by atoms with E-state index in [1.807, 2.05) is 0 Å². The van der Waals surface area contributed by atoms with E-state index >= 15 is 0 Å². The molecule has 1 aliphatic carbocycles. The Bertz CT molecular complexity index is 479. The summed E-state index contributed by atoms with van der Waals surface area (Å²) in [5.74, 6) is 0.0557. The molecule has 1 saturated carbocycles. The van der Waals surface area contributed by atoms with E-state index in [-0.39, 0.29) is 17.2 Å². The summed E-state index contributed by atoms with van der Waals surface area (Å²) >= 11 is 0. The Kier molecular flexibility index (Phi) is 3.80. The van der Waals surface area contributed by atoms with E-state index in [1.54, 1.807) is 25.1 Å². The number of nitrogens with one attached hydrogen (secondary N) is 1. The third-order valence-corrected chi connectivity index (χ3v) is 4.36. The molecule has 0 atom stereocenters. The van der Waals surface area contributed by atoms with Crippen molar-refractivity contribution in [1.82, 2.24) is 10.2 Å². The van der Waals surface area contributed by atoms with Gasteiger partial charge in [-0.15, -0.1) is 0 Å². The number of phenolic OH excluding ortho intramolecular Hbond substituents is 1. The predicted octanol–water partition coefficient (Wildman–Crippen LogP) is 1.91. The van der Waals surface area contributed by atoms with Crippen LogP contribution < -0.4 is 5.32 Å². The Labute approximate surface area is 114 Å². The highest BCUT2D eigenvalue weighted by molar-refractivity contribution is 5.96. The minimum Gasteiger partial charge on any atom is -0.508 e. The number of rotatable bonds is 4. The molecule has 0 aliphatic heterocycles. The average Bonchev–Trinajstić information content (AvgIpc) is 2.30. The topological polar surface area (TPSA) is 52.6 Å². The van der Waals surface area contributed by atoms with Crippen LogP contribution in [0.5, 0.6) is 5.75 Å². The maximum atomic E-state index is 12.2. The van der Waals surface area contributed by atoms with Gasteiger partial charge in [-0.3, -0.25) is 4.79 Å². The fourth-order valence-corrected chi connectivity index (χ4v) is 2.58. The second kappa shape index (κ2) is 5.21. The highest BCUT2D eigenvalue weighted by atomic mass is 16.3. The number of nitrogens with zero attached hydrogens (tertiary/aromatic N) is 1. The van der Waals surface area contributed by atoms with Crippen molar-refractivity contribution in [3.8, 4) is 5.75 Å². The van der Waals surface area contributed by atoms with Gasteiger partial charge in [-0.1, -0.05) is 6.07 Å². The lowest BCUT2D eigenvalue weighted by Crippen LogP contribution is -2.57. The van der Waals surface area contributed by atoms with Gasteiger partial charge in [0, 0.05) is 23.2 Å². The van der Waals surface area contributed by atoms with Gasteiger partial charge in [-0.05, 0) is 52.4 Å². The number of phenols is 1. The Morgan fingerprint density at radius 2 is 2.11 bits per heavy atom. The van der Waals surface area contributed by atoms with Crippen LogP contribution in [0.25, 0.3) is 0 Å². The van der Waals surface area contributed by atoms with Crippen molar-refractivity contribution in [2.75, 3.05) is 20.6 Å². The molecule has 4 heteroatoms. The van der Waals surface area contributed by atoms with E-state index in [0.29, 0.717) is 17.7 Å². The largest absolute Gasteiger partial charge is 0.508 e. The van der Waals surface area contributed by atoms with Crippen molar-refractivity contribution in [2.24, 2.45) is 0 Å². The number of aromatic hydroxyl groups is 1. The Morgan fingerprint density at radius 1 is 1.42 bits per heavy atom. The summed E-state index contributed by atoms with van der Waals surface area (Å²) in [5.41, 5.74) is 1.29. The first kappa shape index (κ1) is 13.9. The van der Waals surface area contributed by atoms with E-state index in [0.717, 1.165) is 12.8 Å². The second-order valence-electron chi connectivity index (χ2n) is 5.60. The maximum absolute atomic E-state index is 12.2. The fraction of sp³-hybridized carbons (Fsp3) is 0.533. The lowest BCUT2D eigenvalue weighted by Gasteiger charge is -2.47. The number of likely N-dealkylation sites (N-methyl/N-ethyl adjacent to an activating group) is 1. The molecule has 2 N–H and O–H groups in total. The van der Waals surface area contributed by atoms with E-state index in [1.165, 1.54) is 6.42 Å². The molecule has 1 aromatic carbocycles. The molecular weight excluding hydrogens is 240 g/mol. The Morgan fingerprint density at radius 3 is 2.63 bits per heavy atom. The molecule has 2 rings (SSSR count). The van der Waals surface area contributed by atoms with Crippen LogP contribution in [0.2, 0.25) is 0 Å². The summed E-state index contributed by atoms with van der Waals surface area (Å²) in [6, 6.07) is 5.04. The second-order valence-corrected chi connectivity index (χ2v) is 5.60. The summed E-state index contributed by atoms with van der Waals surface area (Å²) in [6.07, 6.45) is 3.47. The molecule has 0 bridgehead atoms. The van der Waals surface area contributed by atoms with Gasteiger partial charge in [0.2, 0.25) is 0 Å². The van der Waals surface area contributed by atoms with Crippen molar-refractivity contribution in [3.05, 3.63) is 29.3 Å². The van der Waals surface area contributed by atoms with Crippen molar-refractivity contribution in [3.63, 3.8) is 0 Å². The maximum Gasteiger partial charge on any atom is 0.251 e. The first-order valence-electron chi connectivity index (χ1n) is 6.70. The molecule has 0 unspecified atom stereocenters. The van der Waals surface area contributed by atoms with Crippen LogP contribution in [0.15, 0.2) is 18.2 Å². The fourth-order valence-electron chi connectivity index (χ4n) is 2.58. The monoisotopic (exact) mass is 262 g/mol. The third kappa shape index (κ3) is 2.59. The molecule has 1 aromatic rings. The van der Waals surface area contributed by atoms with Crippen LogP contribution in [0.4, 0.5) is 0 Å². The highest BCUT2D eigenvalue weighted by Crippen LogP contribution is 2.35. The molecule has 104 valence electrons. The summed E-state index contributed by atoms with van der Waals surface area (Å²) in [7, 11) is 4.12. The van der Waals surface area contributed by atoms with E-state index < -0.39 is 0 Å². The Balaban J connectivity index is 2.04. The number of carbonyl (C=O) groups is 1. The van der Waals surface area contributed by atoms with Crippen LogP contribution in [0, 0.1) is 6.92 Å². The SMILES string of the molecule is Cc1c(O)cccc1C(=O)NCC1(N(C)C)CCC1. The lowest BCUT2D eigenvalue weighted by atomic mass is 9.75. The van der Waals surface area contributed by atoms with Crippen molar-refractivity contribution >= 4 is 5.91 Å². The van der Waals surface area contributed by atoms with Crippen LogP contribution in [-0.2, 0) is 0 Å². The zero-order valence-electron chi connectivity index (χ0n) is 11.9. The first-order valence-corrected chi connectivity index (χ1v) is 6.70. The minimum atomic E-state index is -0.110. The number of hydrogen-bond acceptors (Lipinski definition) is 3. The lowest BCUT2D eigenvalue weighted by molar-refractivity contribution is 0.0557. The normalized spacial score (nSPS) is 17.1. The third-order valence-electron chi connectivity index (χ3n) is 4.36. The molecular formula is C15H22N2O2. The van der Waals surface area contributed by atoms with Gasteiger partial charge in [0.25, 0.3) is 5.91 Å². The van der Waals surface area contributed by atoms with Gasteiger partial charge in [0.1, 0.15) is 5.75 Å². The van der Waals surface area contributed by atoms with Crippen molar-refractivity contribution in [2.45, 2.75) is 31.7 Å². The highest BCUT2D eigenvalue weighted by Gasteiger charge is 2.39. The standard InChI is InChI=1S/C15H22N2O2/c1-11-12(6-4-7-13(11)18)14(19)16-10-15(17(2)3)8-5-9-15/h4,6-7,18H,5,8-10H2,1-3H3,(H,16,19). The Hall–Kier alpha value is -1.55. The number of carbonyl (C=O) groups excluding carboxylic acids is 1. The molecule has 1 amide bonds. The average molecular weight is 262 g/mol. The van der Waals surface area contributed by atoms with Gasteiger partial charge < -0.3 is 15.3 Å². The molecule has 0 spiro atoms. The van der Waals surface area contributed by atoms with Gasteiger partial charge in [-0.2, -0.15) is 0 Å². The minimum absolute atomic E-state index is 0.110. The molecule has 1 aliphatic rings. The van der Waals surface area contributed by atoms with E-state index in [2.05, 4.69) is 24.3 Å². The molecule has 1 fully saturated rings. The summed E-state index contributed by atoms with van der Waals surface area (Å²) < 4.78 is 0. The molecule has 19 heavy (non-hydrogen) atoms.